The predicted molar refractivity (Wildman–Crippen MR) is 48.9 cm³/mol. The van der Waals surface area contributed by atoms with Gasteiger partial charge in [0.1, 0.15) is 0 Å². The number of ketones is 1. The fourth-order valence-corrected chi connectivity index (χ4v) is 1.55. The van der Waals surface area contributed by atoms with E-state index in [4.69, 9.17) is 0 Å². The second-order valence-electron chi connectivity index (χ2n) is 2.57. The molecule has 0 amide bonds. The maximum atomic E-state index is 10.9. The molecule has 0 N–H and O–H groups in total. The van der Waals surface area contributed by atoms with Crippen molar-refractivity contribution < 1.29 is 4.79 Å². The average Bonchev–Trinajstić information content (AvgIpc) is 1.85. The molecular weight excluding hydrogens is 204 g/mol. The Bertz CT molecular complexity index is 271. The first-order chi connectivity index (χ1) is 5.09. The average molecular weight is 213 g/mol. The number of carbonyl (C=O) groups is 1. The third-order valence-electron chi connectivity index (χ3n) is 1.45. The lowest BCUT2D eigenvalue weighted by molar-refractivity contribution is 0.101. The van der Waals surface area contributed by atoms with Gasteiger partial charge in [0, 0.05) is 10.0 Å². The molecule has 1 nitrogen and oxygen atoms in total. The molecule has 2 heteroatoms. The summed E-state index contributed by atoms with van der Waals surface area (Å²) in [6, 6.07) is 5.69. The summed E-state index contributed by atoms with van der Waals surface area (Å²) in [6.07, 6.45) is 0. The molecule has 0 unspecified atom stereocenters. The minimum absolute atomic E-state index is 0.106. The number of hydrogen-bond acceptors (Lipinski definition) is 1. The molecule has 1 aromatic rings. The van der Waals surface area contributed by atoms with E-state index >= 15 is 0 Å². The van der Waals surface area contributed by atoms with Gasteiger partial charge in [-0.25, -0.2) is 0 Å². The molecule has 0 spiro atoms. The van der Waals surface area contributed by atoms with Gasteiger partial charge >= 0.3 is 0 Å². The van der Waals surface area contributed by atoms with Crippen molar-refractivity contribution in [3.05, 3.63) is 33.8 Å². The van der Waals surface area contributed by atoms with Gasteiger partial charge in [-0.3, -0.25) is 4.79 Å². The van der Waals surface area contributed by atoms with Gasteiger partial charge in [0.15, 0.2) is 5.78 Å². The van der Waals surface area contributed by atoms with Crippen molar-refractivity contribution in [1.82, 2.24) is 0 Å². The highest BCUT2D eigenvalue weighted by Gasteiger charge is 1.99. The van der Waals surface area contributed by atoms with Crippen LogP contribution in [0.5, 0.6) is 0 Å². The van der Waals surface area contributed by atoms with Gasteiger partial charge in [-0.1, -0.05) is 15.9 Å². The highest BCUT2D eigenvalue weighted by Crippen LogP contribution is 2.15. The van der Waals surface area contributed by atoms with E-state index in [2.05, 4.69) is 15.9 Å². The van der Waals surface area contributed by atoms with Crippen LogP contribution in [0.15, 0.2) is 22.7 Å². The quantitative estimate of drug-likeness (QED) is 0.655. The first-order valence-electron chi connectivity index (χ1n) is 3.38. The topological polar surface area (TPSA) is 17.1 Å². The zero-order valence-electron chi connectivity index (χ0n) is 6.52. The third-order valence-corrected chi connectivity index (χ3v) is 1.91. The number of hydrogen-bond donors (Lipinski definition) is 0. The van der Waals surface area contributed by atoms with Crippen LogP contribution in [0, 0.1) is 6.92 Å². The molecule has 0 aromatic heterocycles. The molecule has 0 saturated carbocycles. The molecule has 0 saturated heterocycles. The van der Waals surface area contributed by atoms with Crippen LogP contribution in [0.4, 0.5) is 0 Å². The molecule has 58 valence electrons. The van der Waals surface area contributed by atoms with E-state index in [1.165, 1.54) is 0 Å². The van der Waals surface area contributed by atoms with Crippen molar-refractivity contribution in [2.24, 2.45) is 0 Å². The number of rotatable bonds is 1. The predicted octanol–water partition coefficient (Wildman–Crippen LogP) is 2.96. The highest BCUT2D eigenvalue weighted by atomic mass is 79.9. The minimum atomic E-state index is 0.106. The molecule has 1 rings (SSSR count). The van der Waals surface area contributed by atoms with Crippen LogP contribution < -0.4 is 0 Å². The molecule has 11 heavy (non-hydrogen) atoms. The summed E-state index contributed by atoms with van der Waals surface area (Å²) in [5.74, 6) is 0.106. The minimum Gasteiger partial charge on any atom is -0.295 e. The van der Waals surface area contributed by atoms with E-state index in [0.29, 0.717) is 0 Å². The maximum absolute atomic E-state index is 10.9. The lowest BCUT2D eigenvalue weighted by Crippen LogP contribution is -1.91. The third kappa shape index (κ3) is 2.15. The van der Waals surface area contributed by atoms with Crippen LogP contribution in [0.1, 0.15) is 22.8 Å². The molecular formula is C9H9BrO. The standard InChI is InChI=1S/C9H9BrO/c1-6-3-8(7(2)11)5-9(10)4-6/h3-5H,1-2H3. The summed E-state index contributed by atoms with van der Waals surface area (Å²) >= 11 is 3.33. The Kier molecular flexibility index (Phi) is 2.45. The smallest absolute Gasteiger partial charge is 0.159 e. The van der Waals surface area contributed by atoms with Crippen LogP contribution in [-0.4, -0.2) is 5.78 Å². The molecule has 1 aromatic carbocycles. The lowest BCUT2D eigenvalue weighted by Gasteiger charge is -1.98. The fourth-order valence-electron chi connectivity index (χ4n) is 0.940. The fraction of sp³-hybridized carbons (Fsp3) is 0.222. The van der Waals surface area contributed by atoms with E-state index in [0.717, 1.165) is 15.6 Å². The summed E-state index contributed by atoms with van der Waals surface area (Å²) in [4.78, 5) is 10.9. The number of aryl methyl sites for hydroxylation is 1. The van der Waals surface area contributed by atoms with Crippen LogP contribution >= 0.6 is 15.9 Å². The first-order valence-corrected chi connectivity index (χ1v) is 4.17. The second kappa shape index (κ2) is 3.18. The van der Waals surface area contributed by atoms with Crippen LogP contribution in [0.25, 0.3) is 0 Å². The first kappa shape index (κ1) is 8.47. The normalized spacial score (nSPS) is 9.73. The maximum Gasteiger partial charge on any atom is 0.159 e. The summed E-state index contributed by atoms with van der Waals surface area (Å²) in [6.45, 7) is 3.54. The molecule has 0 radical (unpaired) electrons. The Hall–Kier alpha value is -0.630. The summed E-state index contributed by atoms with van der Waals surface area (Å²) in [5, 5.41) is 0. The number of benzene rings is 1. The zero-order valence-corrected chi connectivity index (χ0v) is 8.10. The van der Waals surface area contributed by atoms with Gasteiger partial charge in [0.2, 0.25) is 0 Å². The number of halogens is 1. The molecule has 0 heterocycles. The molecule has 0 aliphatic heterocycles. The summed E-state index contributed by atoms with van der Waals surface area (Å²) in [5.41, 5.74) is 1.86. The highest BCUT2D eigenvalue weighted by molar-refractivity contribution is 9.10. The SMILES string of the molecule is CC(=O)c1cc(C)cc(Br)c1. The lowest BCUT2D eigenvalue weighted by atomic mass is 10.1. The van der Waals surface area contributed by atoms with Crippen LogP contribution in [0.2, 0.25) is 0 Å². The molecule has 0 atom stereocenters. The van der Waals surface area contributed by atoms with E-state index in [1.807, 2.05) is 25.1 Å². The van der Waals surface area contributed by atoms with Gasteiger partial charge in [0.05, 0.1) is 0 Å². The van der Waals surface area contributed by atoms with Crippen LogP contribution in [-0.2, 0) is 0 Å². The zero-order chi connectivity index (χ0) is 8.43. The molecule has 0 aliphatic rings. The van der Waals surface area contributed by atoms with Gasteiger partial charge in [-0.2, -0.15) is 0 Å². The number of carbonyl (C=O) groups excluding carboxylic acids is 1. The van der Waals surface area contributed by atoms with Crippen molar-refractivity contribution in [3.63, 3.8) is 0 Å². The van der Waals surface area contributed by atoms with Crippen molar-refractivity contribution in [2.45, 2.75) is 13.8 Å². The van der Waals surface area contributed by atoms with E-state index in [-0.39, 0.29) is 5.78 Å². The summed E-state index contributed by atoms with van der Waals surface area (Å²) in [7, 11) is 0. The van der Waals surface area contributed by atoms with Gasteiger partial charge in [0.25, 0.3) is 0 Å². The Morgan fingerprint density at radius 2 is 2.00 bits per heavy atom. The van der Waals surface area contributed by atoms with Crippen molar-refractivity contribution in [3.8, 4) is 0 Å². The number of Topliss-reactive ketones (excluding diaryl/α,β-unsaturated/α-hetero) is 1. The Labute approximate surface area is 74.6 Å². The molecule has 0 bridgehead atoms. The van der Waals surface area contributed by atoms with Crippen molar-refractivity contribution in [1.29, 1.82) is 0 Å². The largest absolute Gasteiger partial charge is 0.295 e. The molecule has 0 fully saturated rings. The Balaban J connectivity index is 3.19. The van der Waals surface area contributed by atoms with Gasteiger partial charge < -0.3 is 0 Å². The Morgan fingerprint density at radius 1 is 1.36 bits per heavy atom. The van der Waals surface area contributed by atoms with Crippen LogP contribution in [0.3, 0.4) is 0 Å². The van der Waals surface area contributed by atoms with Crippen molar-refractivity contribution in [2.75, 3.05) is 0 Å². The van der Waals surface area contributed by atoms with E-state index in [9.17, 15) is 4.79 Å². The van der Waals surface area contributed by atoms with E-state index < -0.39 is 0 Å². The summed E-state index contributed by atoms with van der Waals surface area (Å²) < 4.78 is 0.961. The second-order valence-corrected chi connectivity index (χ2v) is 3.49. The van der Waals surface area contributed by atoms with Crippen molar-refractivity contribution >= 4 is 21.7 Å². The van der Waals surface area contributed by atoms with Gasteiger partial charge in [-0.05, 0) is 37.6 Å². The molecule has 0 aliphatic carbocycles. The monoisotopic (exact) mass is 212 g/mol. The van der Waals surface area contributed by atoms with Gasteiger partial charge in [-0.15, -0.1) is 0 Å². The Morgan fingerprint density at radius 3 is 2.45 bits per heavy atom. The van der Waals surface area contributed by atoms with E-state index in [1.54, 1.807) is 6.92 Å².